The summed E-state index contributed by atoms with van der Waals surface area (Å²) in [7, 11) is 6.40. The van der Waals surface area contributed by atoms with Gasteiger partial charge < -0.3 is 0 Å². The second-order valence-electron chi connectivity index (χ2n) is 1.95. The number of hydrogen-bond acceptors (Lipinski definition) is 2. The summed E-state index contributed by atoms with van der Waals surface area (Å²) in [5.41, 5.74) is 0. The SMILES string of the molecule is [B]B=BOCC(C)CO. The third kappa shape index (κ3) is 5.83. The summed E-state index contributed by atoms with van der Waals surface area (Å²) in [6.45, 7) is 3.89. The van der Waals surface area contributed by atoms with Gasteiger partial charge in [0, 0.05) is 0 Å². The Hall–Kier alpha value is -0.0452. The van der Waals surface area contributed by atoms with Crippen LogP contribution in [0.5, 0.6) is 0 Å². The molecule has 0 aliphatic carbocycles. The number of hydrogen-bond donors (Lipinski definition) is 1. The monoisotopic (exact) mass is 122 g/mol. The van der Waals surface area contributed by atoms with Gasteiger partial charge in [-0.05, 0) is 0 Å². The molecule has 1 N–H and O–H groups in total. The first-order valence-electron chi connectivity index (χ1n) is 2.90. The first-order chi connectivity index (χ1) is 4.31. The molecular formula is C4H9B3O2. The van der Waals surface area contributed by atoms with Crippen LogP contribution in [0.3, 0.4) is 0 Å². The zero-order chi connectivity index (χ0) is 7.11. The normalized spacial score (nSPS) is 12.2. The Morgan fingerprint density at radius 2 is 2.44 bits per heavy atom. The molecule has 46 valence electrons. The average molecular weight is 122 g/mol. The summed E-state index contributed by atoms with van der Waals surface area (Å²) < 4.78 is 4.87. The molecular weight excluding hydrogens is 112 g/mol. The van der Waals surface area contributed by atoms with E-state index in [0.717, 1.165) is 0 Å². The summed E-state index contributed by atoms with van der Waals surface area (Å²) in [6, 6.07) is 0. The van der Waals surface area contributed by atoms with Crippen molar-refractivity contribution in [1.82, 2.24) is 0 Å². The number of rotatable bonds is 4. The maximum absolute atomic E-state index is 8.50. The molecule has 0 aromatic rings. The number of aliphatic hydroxyl groups excluding tert-OH is 1. The molecule has 1 unspecified atom stereocenters. The van der Waals surface area contributed by atoms with Crippen molar-refractivity contribution in [2.75, 3.05) is 13.2 Å². The van der Waals surface area contributed by atoms with Crippen molar-refractivity contribution in [3.63, 3.8) is 0 Å². The van der Waals surface area contributed by atoms with Crippen molar-refractivity contribution in [1.29, 1.82) is 0 Å². The van der Waals surface area contributed by atoms with Crippen LogP contribution in [0.25, 0.3) is 0 Å². The van der Waals surface area contributed by atoms with Gasteiger partial charge in [-0.15, -0.1) is 0 Å². The third-order valence-corrected chi connectivity index (χ3v) is 0.867. The van der Waals surface area contributed by atoms with Crippen molar-refractivity contribution in [2.45, 2.75) is 6.92 Å². The topological polar surface area (TPSA) is 29.5 Å². The molecule has 5 heteroatoms. The second-order valence-corrected chi connectivity index (χ2v) is 1.95. The summed E-state index contributed by atoms with van der Waals surface area (Å²) in [6.07, 6.45) is 0. The van der Waals surface area contributed by atoms with E-state index in [-0.39, 0.29) is 12.5 Å². The first kappa shape index (κ1) is 8.95. The summed E-state index contributed by atoms with van der Waals surface area (Å²) in [5.74, 6) is 0.182. The van der Waals surface area contributed by atoms with Gasteiger partial charge in [-0.3, -0.25) is 0 Å². The second kappa shape index (κ2) is 6.08. The predicted octanol–water partition coefficient (Wildman–Crippen LogP) is -1.05. The van der Waals surface area contributed by atoms with Crippen LogP contribution in [0.2, 0.25) is 0 Å². The van der Waals surface area contributed by atoms with Crippen molar-refractivity contribution < 1.29 is 9.76 Å². The van der Waals surface area contributed by atoms with Gasteiger partial charge in [0.25, 0.3) is 0 Å². The molecule has 0 amide bonds. The molecule has 0 saturated heterocycles. The van der Waals surface area contributed by atoms with Crippen LogP contribution in [0.15, 0.2) is 0 Å². The molecule has 0 aliphatic heterocycles. The molecule has 0 aromatic carbocycles. The Labute approximate surface area is 58.1 Å². The average Bonchev–Trinajstić information content (AvgIpc) is 1.89. The molecule has 0 bridgehead atoms. The van der Waals surface area contributed by atoms with Gasteiger partial charge in [0.05, 0.1) is 0 Å². The van der Waals surface area contributed by atoms with Gasteiger partial charge in [-0.2, -0.15) is 0 Å². The fourth-order valence-electron chi connectivity index (χ4n) is 0.328. The van der Waals surface area contributed by atoms with E-state index in [2.05, 4.69) is 0 Å². The van der Waals surface area contributed by atoms with E-state index in [1.807, 2.05) is 6.92 Å². The van der Waals surface area contributed by atoms with Crippen LogP contribution in [-0.4, -0.2) is 39.8 Å². The minimum absolute atomic E-state index is 0.151. The van der Waals surface area contributed by atoms with Gasteiger partial charge >= 0.3 is 57.3 Å². The summed E-state index contributed by atoms with van der Waals surface area (Å²) in [4.78, 5) is 0. The zero-order valence-corrected chi connectivity index (χ0v) is 5.58. The molecule has 0 saturated carbocycles. The van der Waals surface area contributed by atoms with Gasteiger partial charge in [0.2, 0.25) is 0 Å². The van der Waals surface area contributed by atoms with Gasteiger partial charge in [-0.25, -0.2) is 0 Å². The van der Waals surface area contributed by atoms with Gasteiger partial charge in [0.15, 0.2) is 0 Å². The third-order valence-electron chi connectivity index (χ3n) is 0.867. The van der Waals surface area contributed by atoms with Gasteiger partial charge in [0.1, 0.15) is 0 Å². The van der Waals surface area contributed by atoms with Crippen molar-refractivity contribution >= 4 is 21.4 Å². The maximum atomic E-state index is 8.50. The zero-order valence-electron chi connectivity index (χ0n) is 5.58. The fraction of sp³-hybridized carbons (Fsp3) is 1.00. The van der Waals surface area contributed by atoms with Crippen LogP contribution >= 0.6 is 0 Å². The fourth-order valence-corrected chi connectivity index (χ4v) is 0.328. The predicted molar refractivity (Wildman–Crippen MR) is 39.5 cm³/mol. The van der Waals surface area contributed by atoms with Crippen LogP contribution in [-0.2, 0) is 4.65 Å². The van der Waals surface area contributed by atoms with Gasteiger partial charge in [-0.1, -0.05) is 0 Å². The molecule has 0 fully saturated rings. The quantitative estimate of drug-likeness (QED) is 0.481. The summed E-state index contributed by atoms with van der Waals surface area (Å²) >= 11 is 0. The van der Waals surface area contributed by atoms with Crippen LogP contribution in [0.4, 0.5) is 0 Å². The summed E-state index contributed by atoms with van der Waals surface area (Å²) in [5, 5.41) is 8.50. The molecule has 2 radical (unpaired) electrons. The van der Waals surface area contributed by atoms with Crippen LogP contribution in [0.1, 0.15) is 6.92 Å². The Morgan fingerprint density at radius 3 is 2.89 bits per heavy atom. The molecule has 2 nitrogen and oxygen atoms in total. The Bertz CT molecular complexity index is 85.9. The Morgan fingerprint density at radius 1 is 1.78 bits per heavy atom. The molecule has 0 rings (SSSR count). The minimum atomic E-state index is 0.151. The molecule has 1 atom stereocenters. The molecule has 0 heterocycles. The first-order valence-corrected chi connectivity index (χ1v) is 2.90. The molecule has 0 spiro atoms. The van der Waals surface area contributed by atoms with E-state index in [1.165, 1.54) is 13.7 Å². The van der Waals surface area contributed by atoms with Crippen molar-refractivity contribution in [3.05, 3.63) is 0 Å². The van der Waals surface area contributed by atoms with Crippen molar-refractivity contribution in [2.24, 2.45) is 5.92 Å². The molecule has 0 aromatic heterocycles. The Kier molecular flexibility index (Phi) is 6.05. The van der Waals surface area contributed by atoms with Crippen LogP contribution < -0.4 is 0 Å². The Balaban J connectivity index is 3.06. The van der Waals surface area contributed by atoms with Crippen LogP contribution in [0, 0.1) is 5.92 Å². The van der Waals surface area contributed by atoms with E-state index in [4.69, 9.17) is 17.5 Å². The molecule has 9 heavy (non-hydrogen) atoms. The standard InChI is InChI=1S/C4H9B3O2/c1-4(2-8)3-9-7-6-5/h4,8H,2-3H2,1H3. The van der Waals surface area contributed by atoms with E-state index in [9.17, 15) is 0 Å². The number of aliphatic hydroxyl groups is 1. The van der Waals surface area contributed by atoms with Crippen molar-refractivity contribution in [3.8, 4) is 0 Å². The van der Waals surface area contributed by atoms with E-state index < -0.39 is 0 Å². The van der Waals surface area contributed by atoms with E-state index in [1.54, 1.807) is 0 Å². The van der Waals surface area contributed by atoms with E-state index >= 15 is 0 Å². The van der Waals surface area contributed by atoms with E-state index in [0.29, 0.717) is 6.61 Å². The molecule has 0 aliphatic rings.